The summed E-state index contributed by atoms with van der Waals surface area (Å²) in [6.07, 6.45) is 1.15. The summed E-state index contributed by atoms with van der Waals surface area (Å²) < 4.78 is 4.46. The van der Waals surface area contributed by atoms with Crippen LogP contribution < -0.4 is 0 Å². The van der Waals surface area contributed by atoms with Gasteiger partial charge in [-0.15, -0.1) is 0 Å². The maximum absolute atomic E-state index is 11.3. The predicted molar refractivity (Wildman–Crippen MR) is 55.0 cm³/mol. The van der Waals surface area contributed by atoms with Crippen molar-refractivity contribution < 1.29 is 19.1 Å². The van der Waals surface area contributed by atoms with Gasteiger partial charge in [-0.05, 0) is 12.8 Å². The fraction of sp³-hybridized carbons (Fsp3) is 0.727. The van der Waals surface area contributed by atoms with Gasteiger partial charge in [0.2, 0.25) is 5.78 Å². The van der Waals surface area contributed by atoms with E-state index >= 15 is 0 Å². The number of rotatable bonds is 5. The van der Waals surface area contributed by atoms with Gasteiger partial charge in [0.1, 0.15) is 0 Å². The molecule has 0 aliphatic heterocycles. The second-order valence-electron chi connectivity index (χ2n) is 3.69. The average molecular weight is 214 g/mol. The van der Waals surface area contributed by atoms with Gasteiger partial charge >= 0.3 is 11.9 Å². The first-order valence-corrected chi connectivity index (χ1v) is 5.23. The molecule has 86 valence electrons. The lowest BCUT2D eigenvalue weighted by Gasteiger charge is -2.09. The Morgan fingerprint density at radius 2 is 1.47 bits per heavy atom. The van der Waals surface area contributed by atoms with E-state index < -0.39 is 17.7 Å². The van der Waals surface area contributed by atoms with Crippen molar-refractivity contribution in [2.24, 2.45) is 11.8 Å². The van der Waals surface area contributed by atoms with Crippen LogP contribution in [0.2, 0.25) is 0 Å². The molecule has 2 unspecified atom stereocenters. The van der Waals surface area contributed by atoms with E-state index in [0.29, 0.717) is 12.8 Å². The minimum Gasteiger partial charge on any atom is -0.387 e. The highest BCUT2D eigenvalue weighted by atomic mass is 16.6. The molecular weight excluding hydrogens is 196 g/mol. The third kappa shape index (κ3) is 4.23. The summed E-state index contributed by atoms with van der Waals surface area (Å²) in [6, 6.07) is 0. The van der Waals surface area contributed by atoms with Gasteiger partial charge in [0, 0.05) is 5.92 Å². The van der Waals surface area contributed by atoms with Crippen molar-refractivity contribution in [2.75, 3.05) is 0 Å². The first-order chi connectivity index (χ1) is 6.93. The van der Waals surface area contributed by atoms with E-state index in [1.807, 2.05) is 6.92 Å². The summed E-state index contributed by atoms with van der Waals surface area (Å²) in [7, 11) is 0. The van der Waals surface area contributed by atoms with Crippen molar-refractivity contribution >= 4 is 17.7 Å². The number of carbonyl (C=O) groups excluding carboxylic acids is 3. The molecular formula is C11H18O4. The van der Waals surface area contributed by atoms with Gasteiger partial charge in [-0.3, -0.25) is 9.59 Å². The second kappa shape index (κ2) is 6.32. The number of ketones is 1. The molecule has 15 heavy (non-hydrogen) atoms. The van der Waals surface area contributed by atoms with Crippen LogP contribution in [-0.4, -0.2) is 17.7 Å². The maximum Gasteiger partial charge on any atom is 0.382 e. The molecule has 0 aromatic rings. The van der Waals surface area contributed by atoms with Gasteiger partial charge in [0.25, 0.3) is 0 Å². The second-order valence-corrected chi connectivity index (χ2v) is 3.69. The van der Waals surface area contributed by atoms with Crippen LogP contribution in [0.3, 0.4) is 0 Å². The Hall–Kier alpha value is -1.19. The largest absolute Gasteiger partial charge is 0.387 e. The van der Waals surface area contributed by atoms with E-state index in [1.165, 1.54) is 0 Å². The average Bonchev–Trinajstić information content (AvgIpc) is 2.25. The summed E-state index contributed by atoms with van der Waals surface area (Å²) in [5.74, 6) is -3.02. The van der Waals surface area contributed by atoms with Crippen molar-refractivity contribution in [2.45, 2.75) is 40.5 Å². The smallest absolute Gasteiger partial charge is 0.382 e. The van der Waals surface area contributed by atoms with E-state index in [9.17, 15) is 14.4 Å². The molecule has 0 bridgehead atoms. The van der Waals surface area contributed by atoms with Gasteiger partial charge < -0.3 is 4.74 Å². The zero-order valence-corrected chi connectivity index (χ0v) is 9.70. The van der Waals surface area contributed by atoms with E-state index in [0.717, 1.165) is 0 Å². The lowest BCUT2D eigenvalue weighted by molar-refractivity contribution is -0.167. The number of carbonyl (C=O) groups is 3. The van der Waals surface area contributed by atoms with Crippen LogP contribution in [0.25, 0.3) is 0 Å². The standard InChI is InChI=1S/C11H18O4/c1-5-7(3)9(12)11(14)15-10(13)8(4)6-2/h7-8H,5-6H2,1-4H3. The van der Waals surface area contributed by atoms with Gasteiger partial charge in [-0.1, -0.05) is 27.7 Å². The van der Waals surface area contributed by atoms with E-state index in [-0.39, 0.29) is 11.8 Å². The highest BCUT2D eigenvalue weighted by Gasteiger charge is 2.25. The Labute approximate surface area is 90.0 Å². The molecule has 0 aromatic heterocycles. The monoisotopic (exact) mass is 214 g/mol. The Morgan fingerprint density at radius 1 is 1.00 bits per heavy atom. The molecule has 4 heteroatoms. The zero-order chi connectivity index (χ0) is 12.0. The Bertz CT molecular complexity index is 257. The fourth-order valence-corrected chi connectivity index (χ4v) is 0.795. The number of hydrogen-bond donors (Lipinski definition) is 0. The first-order valence-electron chi connectivity index (χ1n) is 5.23. The van der Waals surface area contributed by atoms with E-state index in [4.69, 9.17) is 0 Å². The summed E-state index contributed by atoms with van der Waals surface area (Å²) in [5, 5.41) is 0. The minimum atomic E-state index is -1.03. The number of esters is 2. The van der Waals surface area contributed by atoms with Gasteiger partial charge in [-0.2, -0.15) is 0 Å². The van der Waals surface area contributed by atoms with Crippen molar-refractivity contribution in [3.8, 4) is 0 Å². The van der Waals surface area contributed by atoms with E-state index in [2.05, 4.69) is 4.74 Å². The molecule has 4 nitrogen and oxygen atoms in total. The predicted octanol–water partition coefficient (Wildman–Crippen LogP) is 1.72. The van der Waals surface area contributed by atoms with Crippen molar-refractivity contribution in [3.63, 3.8) is 0 Å². The third-order valence-electron chi connectivity index (χ3n) is 2.47. The number of ether oxygens (including phenoxy) is 1. The van der Waals surface area contributed by atoms with Gasteiger partial charge in [-0.25, -0.2) is 4.79 Å². The summed E-state index contributed by atoms with van der Waals surface area (Å²) >= 11 is 0. The first kappa shape index (κ1) is 13.8. The van der Waals surface area contributed by atoms with Crippen LogP contribution in [0, 0.1) is 11.8 Å². The molecule has 0 fully saturated rings. The lowest BCUT2D eigenvalue weighted by Crippen LogP contribution is -2.28. The van der Waals surface area contributed by atoms with Crippen molar-refractivity contribution in [1.82, 2.24) is 0 Å². The minimum absolute atomic E-state index is 0.348. The highest BCUT2D eigenvalue weighted by Crippen LogP contribution is 2.07. The van der Waals surface area contributed by atoms with Crippen LogP contribution >= 0.6 is 0 Å². The molecule has 0 radical (unpaired) electrons. The molecule has 0 aliphatic rings. The molecule has 0 heterocycles. The van der Waals surface area contributed by atoms with Crippen LogP contribution in [0.15, 0.2) is 0 Å². The molecule has 0 aliphatic carbocycles. The van der Waals surface area contributed by atoms with Crippen LogP contribution in [0.4, 0.5) is 0 Å². The van der Waals surface area contributed by atoms with Crippen LogP contribution in [0.1, 0.15) is 40.5 Å². The highest BCUT2D eigenvalue weighted by molar-refractivity contribution is 6.35. The molecule has 0 saturated carbocycles. The zero-order valence-electron chi connectivity index (χ0n) is 9.70. The van der Waals surface area contributed by atoms with Gasteiger partial charge in [0.05, 0.1) is 5.92 Å². The molecule has 0 aromatic carbocycles. The molecule has 0 amide bonds. The Morgan fingerprint density at radius 3 is 1.87 bits per heavy atom. The maximum atomic E-state index is 11.3. The van der Waals surface area contributed by atoms with Crippen LogP contribution in [-0.2, 0) is 19.1 Å². The van der Waals surface area contributed by atoms with E-state index in [1.54, 1.807) is 20.8 Å². The summed E-state index contributed by atoms with van der Waals surface area (Å²) in [6.45, 7) is 6.90. The molecule has 0 N–H and O–H groups in total. The number of Topliss-reactive ketones (excluding diaryl/α,β-unsaturated/α-hetero) is 1. The van der Waals surface area contributed by atoms with Crippen molar-refractivity contribution in [1.29, 1.82) is 0 Å². The number of hydrogen-bond acceptors (Lipinski definition) is 4. The topological polar surface area (TPSA) is 60.4 Å². The summed E-state index contributed by atoms with van der Waals surface area (Å²) in [4.78, 5) is 33.7. The molecule has 0 spiro atoms. The Kier molecular flexibility index (Phi) is 5.82. The normalized spacial score (nSPS) is 14.1. The van der Waals surface area contributed by atoms with Crippen LogP contribution in [0.5, 0.6) is 0 Å². The van der Waals surface area contributed by atoms with Gasteiger partial charge in [0.15, 0.2) is 0 Å². The fourth-order valence-electron chi connectivity index (χ4n) is 0.795. The lowest BCUT2D eigenvalue weighted by atomic mass is 10.0. The molecule has 0 saturated heterocycles. The quantitative estimate of drug-likeness (QED) is 0.397. The van der Waals surface area contributed by atoms with Crippen molar-refractivity contribution in [3.05, 3.63) is 0 Å². The molecule has 2 atom stereocenters. The SMILES string of the molecule is CCC(C)C(=O)OC(=O)C(=O)C(C)CC. The molecule has 0 rings (SSSR count). The summed E-state index contributed by atoms with van der Waals surface area (Å²) in [5.41, 5.74) is 0. The Balaban J connectivity index is 4.25. The third-order valence-corrected chi connectivity index (χ3v) is 2.47.